The summed E-state index contributed by atoms with van der Waals surface area (Å²) in [7, 11) is 10.8. The van der Waals surface area contributed by atoms with Crippen LogP contribution in [0.3, 0.4) is 0 Å². The maximum absolute atomic E-state index is 7.59. The van der Waals surface area contributed by atoms with E-state index in [4.69, 9.17) is 233 Å². The SMILES string of the molecule is COc1c(Cl)cc(Cl)c(OC)c1-c1c2nc(c(-c3c(OC)c(Cl)cc(Cl)c3OC)c3[nH]c(c(Cl)c3Cl)c(-c3c(OC)c(Cl)cc(Cl)c3OC)c3[nH]c(c(Cl)c3Cl)c(-c3c(OC)c(Cl)cc(Cl)c3OC)c3nc1C(Cl)=C3Cl)C(Cl)=C2Cl. The fourth-order valence-corrected chi connectivity index (χ4v) is 13.7. The summed E-state index contributed by atoms with van der Waals surface area (Å²) in [6, 6.07) is 5.61. The third kappa shape index (κ3) is 9.63. The first-order valence-electron chi connectivity index (χ1n) is 22.1. The Morgan fingerprint density at radius 2 is 0.425 bits per heavy atom. The van der Waals surface area contributed by atoms with E-state index >= 15 is 0 Å². The van der Waals surface area contributed by atoms with Crippen LogP contribution in [0.5, 0.6) is 46.0 Å². The second-order valence-electron chi connectivity index (χ2n) is 16.5. The van der Waals surface area contributed by atoms with Crippen molar-refractivity contribution in [2.75, 3.05) is 56.9 Å². The van der Waals surface area contributed by atoms with Gasteiger partial charge in [0.1, 0.15) is 46.0 Å². The van der Waals surface area contributed by atoms with Crippen molar-refractivity contribution in [3.63, 3.8) is 0 Å². The largest absolute Gasteiger partial charge is 0.494 e. The molecule has 9 rings (SSSR count). The smallest absolute Gasteiger partial charge is 0.149 e. The highest BCUT2D eigenvalue weighted by molar-refractivity contribution is 6.68. The Kier molecular flexibility index (Phi) is 18.2. The number of halogens is 16. The lowest BCUT2D eigenvalue weighted by Gasteiger charge is -2.18. The van der Waals surface area contributed by atoms with Crippen LogP contribution in [0.2, 0.25) is 60.3 Å². The quantitative estimate of drug-likeness (QED) is 0.122. The van der Waals surface area contributed by atoms with Crippen LogP contribution >= 0.6 is 186 Å². The molecule has 80 heavy (non-hydrogen) atoms. The number of hydrogen-bond acceptors (Lipinski definition) is 10. The summed E-state index contributed by atoms with van der Waals surface area (Å²) in [5.41, 5.74) is -0.912. The van der Waals surface area contributed by atoms with E-state index in [2.05, 4.69) is 9.97 Å². The van der Waals surface area contributed by atoms with E-state index in [1.54, 1.807) is 0 Å². The van der Waals surface area contributed by atoms with Crippen LogP contribution in [0.15, 0.2) is 24.3 Å². The molecule has 8 bridgehead atoms. The van der Waals surface area contributed by atoms with Gasteiger partial charge in [0.15, 0.2) is 0 Å². The zero-order valence-corrected chi connectivity index (χ0v) is 53.6. The van der Waals surface area contributed by atoms with Crippen LogP contribution in [0.25, 0.3) is 86.7 Å². The number of methoxy groups -OCH3 is 8. The molecule has 0 amide bonds. The molecule has 0 unspecified atom stereocenters. The monoisotopic (exact) mass is 1400 g/mol. The van der Waals surface area contributed by atoms with E-state index < -0.39 is 0 Å². The minimum Gasteiger partial charge on any atom is -0.494 e. The molecule has 2 aliphatic rings. The third-order valence-corrected chi connectivity index (χ3v) is 18.2. The average molecular weight is 1410 g/mol. The maximum Gasteiger partial charge on any atom is 0.149 e. The molecule has 0 radical (unpaired) electrons. The van der Waals surface area contributed by atoms with Crippen molar-refractivity contribution in [2.45, 2.75) is 0 Å². The number of nitrogens with zero attached hydrogens (tertiary/aromatic N) is 2. The highest BCUT2D eigenvalue weighted by Crippen LogP contribution is 2.61. The Morgan fingerprint density at radius 3 is 0.637 bits per heavy atom. The first-order chi connectivity index (χ1) is 38.0. The zero-order chi connectivity index (χ0) is 58.4. The van der Waals surface area contributed by atoms with Crippen LogP contribution in [0, 0.1) is 0 Å². The van der Waals surface area contributed by atoms with Crippen molar-refractivity contribution in [1.29, 1.82) is 0 Å². The lowest BCUT2D eigenvalue weighted by Crippen LogP contribution is -2.00. The normalized spacial score (nSPS) is 12.4. The Bertz CT molecular complexity index is 3800. The van der Waals surface area contributed by atoms with Crippen molar-refractivity contribution in [2.24, 2.45) is 0 Å². The molecule has 0 saturated heterocycles. The van der Waals surface area contributed by atoms with Crippen LogP contribution in [-0.4, -0.2) is 76.8 Å². The number of aromatic amines is 2. The minimum atomic E-state index is -0.247. The summed E-state index contributed by atoms with van der Waals surface area (Å²) in [6.45, 7) is 0. The lowest BCUT2D eigenvalue weighted by molar-refractivity contribution is 0.397. The first kappa shape index (κ1) is 61.1. The molecule has 0 atom stereocenters. The first-order valence-corrected chi connectivity index (χ1v) is 28.2. The fraction of sp³-hybridized carbons (Fsp3) is 0.154. The summed E-state index contributed by atoms with van der Waals surface area (Å²) < 4.78 is 48.1. The molecule has 5 heterocycles. The van der Waals surface area contributed by atoms with E-state index in [9.17, 15) is 0 Å². The van der Waals surface area contributed by atoms with Gasteiger partial charge in [-0.15, -0.1) is 0 Å². The number of H-pyrrole nitrogens is 2. The second-order valence-corrected chi connectivity index (χ2v) is 22.8. The molecule has 2 N–H and O–H groups in total. The van der Waals surface area contributed by atoms with Gasteiger partial charge in [0.25, 0.3) is 0 Å². The van der Waals surface area contributed by atoms with E-state index in [1.807, 2.05) is 0 Å². The summed E-state index contributed by atoms with van der Waals surface area (Å²) in [5, 5.41) is -1.77. The number of nitrogens with one attached hydrogen (secondary N) is 2. The highest BCUT2D eigenvalue weighted by Gasteiger charge is 2.39. The Balaban J connectivity index is 1.78. The van der Waals surface area contributed by atoms with Gasteiger partial charge in [-0.2, -0.15) is 0 Å². The molecule has 0 saturated carbocycles. The standard InChI is InChI=1S/C52H30Cl16N4O8/c1-73-45-13(53)9-14(54)46(74-2)25(45)21-37-29(61)31(63)39(69-37)22(26-47(75-3)15(55)10-16(56)48(26)76-4)41-33(65)35(67)43(71-41)24(28-51(79-7)19(59)12-20(60)52(28)80-8)44-36(68)34(66)42(72-44)23(40-32(64)30(62)38(21)70-40)27-49(77-5)17(57)11-18(58)50(27)78-6/h9-12,69-70H,1-8H3. The van der Waals surface area contributed by atoms with E-state index in [-0.39, 0.29) is 216 Å². The summed E-state index contributed by atoms with van der Waals surface area (Å²) >= 11 is 116. The van der Waals surface area contributed by atoms with Gasteiger partial charge in [-0.05, 0) is 24.3 Å². The Morgan fingerprint density at radius 1 is 0.250 bits per heavy atom. The van der Waals surface area contributed by atoms with Crippen LogP contribution in [0.4, 0.5) is 0 Å². The Labute approximate surface area is 535 Å². The van der Waals surface area contributed by atoms with Gasteiger partial charge in [-0.1, -0.05) is 186 Å². The molecule has 2 aliphatic heterocycles. The van der Waals surface area contributed by atoms with Crippen molar-refractivity contribution >= 4 is 228 Å². The zero-order valence-electron chi connectivity index (χ0n) is 41.5. The topological polar surface area (TPSA) is 131 Å². The van der Waals surface area contributed by atoms with Gasteiger partial charge in [-0.3, -0.25) is 0 Å². The fourth-order valence-electron chi connectivity index (χ4n) is 9.39. The number of aromatic nitrogens is 4. The van der Waals surface area contributed by atoms with Gasteiger partial charge in [-0.25, -0.2) is 9.97 Å². The second kappa shape index (κ2) is 23.9. The molecule has 0 spiro atoms. The summed E-state index contributed by atoms with van der Waals surface area (Å²) in [4.78, 5) is 17.2. The van der Waals surface area contributed by atoms with Crippen LogP contribution in [0.1, 0.15) is 22.8 Å². The number of rotatable bonds is 12. The van der Waals surface area contributed by atoms with Gasteiger partial charge in [0.05, 0.1) is 204 Å². The number of hydrogen-bond donors (Lipinski definition) is 2. The third-order valence-electron chi connectivity index (χ3n) is 12.6. The van der Waals surface area contributed by atoms with Crippen LogP contribution < -0.4 is 37.9 Å². The van der Waals surface area contributed by atoms with Crippen molar-refractivity contribution in [3.8, 4) is 90.5 Å². The molecular weight excluding hydrogens is 1380 g/mol. The molecule has 0 aliphatic carbocycles. The highest BCUT2D eigenvalue weighted by atomic mass is 35.5. The molecule has 3 aromatic heterocycles. The van der Waals surface area contributed by atoms with Crippen molar-refractivity contribution in [1.82, 2.24) is 19.9 Å². The van der Waals surface area contributed by atoms with E-state index in [1.165, 1.54) is 81.1 Å². The van der Waals surface area contributed by atoms with Gasteiger partial charge in [0.2, 0.25) is 0 Å². The molecule has 12 nitrogen and oxygen atoms in total. The molecule has 7 aromatic rings. The molecule has 418 valence electrons. The van der Waals surface area contributed by atoms with E-state index in [0.29, 0.717) is 0 Å². The number of ether oxygens (including phenoxy) is 8. The minimum absolute atomic E-state index is 0.00175. The van der Waals surface area contributed by atoms with Crippen LogP contribution in [-0.2, 0) is 0 Å². The number of benzene rings is 4. The van der Waals surface area contributed by atoms with E-state index in [0.717, 1.165) is 0 Å². The predicted molar refractivity (Wildman–Crippen MR) is 332 cm³/mol. The van der Waals surface area contributed by atoms with Gasteiger partial charge >= 0.3 is 0 Å². The molecule has 4 aromatic carbocycles. The molecule has 28 heteroatoms. The number of fused-ring (bicyclic) bond motifs is 8. The molecule has 0 fully saturated rings. The Hall–Kier alpha value is -3.48. The lowest BCUT2D eigenvalue weighted by atomic mass is 9.99. The molecular formula is C52H30Cl16N4O8. The predicted octanol–water partition coefficient (Wildman–Crippen LogP) is 21.5. The van der Waals surface area contributed by atoms with Gasteiger partial charge in [0, 0.05) is 22.3 Å². The van der Waals surface area contributed by atoms with Crippen molar-refractivity contribution in [3.05, 3.63) is 107 Å². The van der Waals surface area contributed by atoms with Gasteiger partial charge < -0.3 is 47.9 Å². The maximum atomic E-state index is 7.59. The average Bonchev–Trinajstić information content (AvgIpc) is 4.10. The summed E-state index contributed by atoms with van der Waals surface area (Å²) in [5.74, 6) is -0.135. The summed E-state index contributed by atoms with van der Waals surface area (Å²) in [6.07, 6.45) is 0. The van der Waals surface area contributed by atoms with Crippen molar-refractivity contribution < 1.29 is 37.9 Å².